The minimum Gasteiger partial charge on any atom is -0.398 e. The van der Waals surface area contributed by atoms with Crippen LogP contribution < -0.4 is 5.73 Å². The van der Waals surface area contributed by atoms with E-state index in [9.17, 15) is 0 Å². The Kier molecular flexibility index (Phi) is 2.52. The van der Waals surface area contributed by atoms with Gasteiger partial charge in [-0.05, 0) is 30.2 Å². The van der Waals surface area contributed by atoms with E-state index in [1.54, 1.807) is 0 Å². The van der Waals surface area contributed by atoms with Gasteiger partial charge in [0.15, 0.2) is 0 Å². The number of benzene rings is 1. The summed E-state index contributed by atoms with van der Waals surface area (Å²) in [5.74, 6) is 0. The molecule has 1 rings (SSSR count). The Labute approximate surface area is 74.2 Å². The summed E-state index contributed by atoms with van der Waals surface area (Å²) in [5, 5.41) is 8.89. The van der Waals surface area contributed by atoms with Crippen LogP contribution in [0.1, 0.15) is 11.1 Å². The molecule has 0 fully saturated rings. The highest BCUT2D eigenvalue weighted by atomic mass is 79.9. The third kappa shape index (κ3) is 1.73. The summed E-state index contributed by atoms with van der Waals surface area (Å²) in [4.78, 5) is 0. The number of anilines is 1. The molecule has 0 saturated carbocycles. The number of nitrogen functional groups attached to an aromatic ring is 1. The first-order chi connectivity index (χ1) is 5.15. The zero-order chi connectivity index (χ0) is 8.43. The van der Waals surface area contributed by atoms with Crippen LogP contribution >= 0.6 is 15.9 Å². The van der Waals surface area contributed by atoms with Crippen molar-refractivity contribution in [3.63, 3.8) is 0 Å². The number of hydrogen-bond acceptors (Lipinski definition) is 2. The zero-order valence-electron chi connectivity index (χ0n) is 6.26. The Morgan fingerprint density at radius 1 is 1.55 bits per heavy atom. The van der Waals surface area contributed by atoms with Crippen molar-refractivity contribution in [3.8, 4) is 0 Å². The third-order valence-electron chi connectivity index (χ3n) is 1.69. The lowest BCUT2D eigenvalue weighted by atomic mass is 10.1. The molecule has 0 aliphatic rings. The first-order valence-corrected chi connectivity index (χ1v) is 4.10. The Balaban J connectivity index is 3.24. The van der Waals surface area contributed by atoms with Crippen molar-refractivity contribution >= 4 is 21.6 Å². The minimum absolute atomic E-state index is 0.0372. The van der Waals surface area contributed by atoms with Crippen LogP contribution in [0.3, 0.4) is 0 Å². The molecule has 1 aromatic carbocycles. The van der Waals surface area contributed by atoms with Gasteiger partial charge in [0.05, 0.1) is 6.61 Å². The summed E-state index contributed by atoms with van der Waals surface area (Å²) < 4.78 is 0.907. The fraction of sp³-hybridized carbons (Fsp3) is 0.250. The summed E-state index contributed by atoms with van der Waals surface area (Å²) in [6.07, 6.45) is 0. The summed E-state index contributed by atoms with van der Waals surface area (Å²) in [6.45, 7) is 1.93. The van der Waals surface area contributed by atoms with E-state index >= 15 is 0 Å². The van der Waals surface area contributed by atoms with Crippen LogP contribution in [0.25, 0.3) is 0 Å². The topological polar surface area (TPSA) is 46.2 Å². The first-order valence-electron chi connectivity index (χ1n) is 3.30. The number of nitrogens with two attached hydrogens (primary N) is 1. The predicted molar refractivity (Wildman–Crippen MR) is 49.2 cm³/mol. The fourth-order valence-electron chi connectivity index (χ4n) is 0.923. The van der Waals surface area contributed by atoms with Crippen molar-refractivity contribution in [2.24, 2.45) is 0 Å². The van der Waals surface area contributed by atoms with E-state index in [-0.39, 0.29) is 6.61 Å². The number of halogens is 1. The van der Waals surface area contributed by atoms with Crippen molar-refractivity contribution in [2.45, 2.75) is 13.5 Å². The van der Waals surface area contributed by atoms with Gasteiger partial charge in [-0.3, -0.25) is 0 Å². The highest BCUT2D eigenvalue weighted by molar-refractivity contribution is 9.10. The molecule has 1 aromatic rings. The Morgan fingerprint density at radius 2 is 2.18 bits per heavy atom. The lowest BCUT2D eigenvalue weighted by Crippen LogP contribution is -1.95. The minimum atomic E-state index is 0.0372. The van der Waals surface area contributed by atoms with E-state index in [0.717, 1.165) is 15.6 Å². The summed E-state index contributed by atoms with van der Waals surface area (Å²) >= 11 is 3.30. The van der Waals surface area contributed by atoms with Gasteiger partial charge in [-0.15, -0.1) is 0 Å². The van der Waals surface area contributed by atoms with Gasteiger partial charge >= 0.3 is 0 Å². The summed E-state index contributed by atoms with van der Waals surface area (Å²) in [7, 11) is 0. The summed E-state index contributed by atoms with van der Waals surface area (Å²) in [5.41, 5.74) is 8.19. The third-order valence-corrected chi connectivity index (χ3v) is 2.15. The highest BCUT2D eigenvalue weighted by Gasteiger charge is 2.01. The van der Waals surface area contributed by atoms with E-state index in [1.807, 2.05) is 19.1 Å². The Bertz CT molecular complexity index is 273. The maximum atomic E-state index is 8.89. The number of hydrogen-bond donors (Lipinski definition) is 2. The van der Waals surface area contributed by atoms with Crippen molar-refractivity contribution in [3.05, 3.63) is 27.7 Å². The van der Waals surface area contributed by atoms with Crippen LogP contribution in [0.4, 0.5) is 5.69 Å². The predicted octanol–water partition coefficient (Wildman–Crippen LogP) is 1.83. The SMILES string of the molecule is Cc1c(N)cc(Br)cc1CO. The quantitative estimate of drug-likeness (QED) is 0.703. The zero-order valence-corrected chi connectivity index (χ0v) is 7.85. The van der Waals surface area contributed by atoms with E-state index in [1.165, 1.54) is 0 Å². The molecule has 0 aliphatic heterocycles. The molecule has 0 heterocycles. The summed E-state index contributed by atoms with van der Waals surface area (Å²) in [6, 6.07) is 3.69. The van der Waals surface area contributed by atoms with Gasteiger partial charge in [-0.2, -0.15) is 0 Å². The lowest BCUT2D eigenvalue weighted by Gasteiger charge is -2.05. The second-order valence-corrected chi connectivity index (χ2v) is 3.35. The first kappa shape index (κ1) is 8.56. The molecule has 0 spiro atoms. The van der Waals surface area contributed by atoms with Crippen LogP contribution in [0, 0.1) is 6.92 Å². The van der Waals surface area contributed by atoms with Crippen molar-refractivity contribution in [1.82, 2.24) is 0 Å². The van der Waals surface area contributed by atoms with Gasteiger partial charge in [-0.1, -0.05) is 15.9 Å². The van der Waals surface area contributed by atoms with Crippen LogP contribution in [-0.2, 0) is 6.61 Å². The van der Waals surface area contributed by atoms with Crippen LogP contribution in [-0.4, -0.2) is 5.11 Å². The fourth-order valence-corrected chi connectivity index (χ4v) is 1.45. The molecular weight excluding hydrogens is 206 g/mol. The smallest absolute Gasteiger partial charge is 0.0685 e. The molecule has 0 radical (unpaired) electrons. The van der Waals surface area contributed by atoms with Crippen LogP contribution in [0.2, 0.25) is 0 Å². The van der Waals surface area contributed by atoms with E-state index < -0.39 is 0 Å². The molecule has 0 saturated heterocycles. The van der Waals surface area contributed by atoms with Gasteiger partial charge in [0, 0.05) is 10.2 Å². The molecule has 2 nitrogen and oxygen atoms in total. The van der Waals surface area contributed by atoms with Gasteiger partial charge < -0.3 is 10.8 Å². The lowest BCUT2D eigenvalue weighted by molar-refractivity contribution is 0.281. The number of aliphatic hydroxyl groups is 1. The monoisotopic (exact) mass is 215 g/mol. The van der Waals surface area contributed by atoms with Gasteiger partial charge in [0.1, 0.15) is 0 Å². The Hall–Kier alpha value is -0.540. The van der Waals surface area contributed by atoms with Crippen LogP contribution in [0.5, 0.6) is 0 Å². The molecule has 60 valence electrons. The second-order valence-electron chi connectivity index (χ2n) is 2.44. The largest absolute Gasteiger partial charge is 0.398 e. The molecule has 11 heavy (non-hydrogen) atoms. The standard InChI is InChI=1S/C8H10BrNO/c1-5-6(4-11)2-7(9)3-8(5)10/h2-3,11H,4,10H2,1H3. The van der Waals surface area contributed by atoms with Crippen molar-refractivity contribution in [2.75, 3.05) is 5.73 Å². The van der Waals surface area contributed by atoms with E-state index in [0.29, 0.717) is 5.69 Å². The molecule has 0 atom stereocenters. The average Bonchev–Trinajstić information content (AvgIpc) is 1.96. The molecular formula is C8H10BrNO. The second kappa shape index (κ2) is 3.24. The maximum Gasteiger partial charge on any atom is 0.0685 e. The molecule has 0 aromatic heterocycles. The average molecular weight is 216 g/mol. The van der Waals surface area contributed by atoms with Gasteiger partial charge in [0.2, 0.25) is 0 Å². The highest BCUT2D eigenvalue weighted by Crippen LogP contribution is 2.22. The molecule has 0 aliphatic carbocycles. The van der Waals surface area contributed by atoms with E-state index in [4.69, 9.17) is 10.8 Å². The molecule has 3 heteroatoms. The number of rotatable bonds is 1. The maximum absolute atomic E-state index is 8.89. The normalized spacial score (nSPS) is 10.1. The van der Waals surface area contributed by atoms with Crippen molar-refractivity contribution < 1.29 is 5.11 Å². The van der Waals surface area contributed by atoms with Crippen LogP contribution in [0.15, 0.2) is 16.6 Å². The molecule has 0 unspecified atom stereocenters. The van der Waals surface area contributed by atoms with Gasteiger partial charge in [-0.25, -0.2) is 0 Å². The number of aliphatic hydroxyl groups excluding tert-OH is 1. The van der Waals surface area contributed by atoms with Crippen molar-refractivity contribution in [1.29, 1.82) is 0 Å². The van der Waals surface area contributed by atoms with E-state index in [2.05, 4.69) is 15.9 Å². The molecule has 0 amide bonds. The van der Waals surface area contributed by atoms with Gasteiger partial charge in [0.25, 0.3) is 0 Å². The Morgan fingerprint density at radius 3 is 2.73 bits per heavy atom. The molecule has 0 bridgehead atoms. The molecule has 3 N–H and O–H groups in total.